The van der Waals surface area contributed by atoms with Gasteiger partial charge >= 0.3 is 0 Å². The molecule has 1 aliphatic rings. The van der Waals surface area contributed by atoms with E-state index in [1.165, 1.54) is 5.56 Å². The minimum absolute atomic E-state index is 0.112. The highest BCUT2D eigenvalue weighted by atomic mass is 16.7. The van der Waals surface area contributed by atoms with Gasteiger partial charge in [-0.05, 0) is 11.1 Å². The molecule has 26 heavy (non-hydrogen) atoms. The van der Waals surface area contributed by atoms with E-state index in [9.17, 15) is 5.11 Å². The maximum Gasteiger partial charge on any atom is 0.159 e. The fourth-order valence-electron chi connectivity index (χ4n) is 3.14. The molecule has 2 aromatic rings. The van der Waals surface area contributed by atoms with E-state index in [0.717, 1.165) is 5.56 Å². The van der Waals surface area contributed by atoms with Gasteiger partial charge in [-0.3, -0.25) is 0 Å². The van der Waals surface area contributed by atoms with Crippen LogP contribution in [0.2, 0.25) is 0 Å². The van der Waals surface area contributed by atoms with E-state index < -0.39 is 12.2 Å². The van der Waals surface area contributed by atoms with Crippen LogP contribution in [0.25, 0.3) is 0 Å². The number of nitrogens with one attached hydrogen (secondary N) is 1. The van der Waals surface area contributed by atoms with Gasteiger partial charge in [-0.25, -0.2) is 0 Å². The molecule has 0 spiro atoms. The highest BCUT2D eigenvalue weighted by molar-refractivity contribution is 5.15. The first-order valence-electron chi connectivity index (χ1n) is 9.01. The quantitative estimate of drug-likeness (QED) is 0.760. The van der Waals surface area contributed by atoms with Crippen molar-refractivity contribution in [3.05, 3.63) is 71.8 Å². The minimum Gasteiger partial charge on any atom is -0.389 e. The van der Waals surface area contributed by atoms with Gasteiger partial charge in [0.25, 0.3) is 0 Å². The molecule has 0 bridgehead atoms. The smallest absolute Gasteiger partial charge is 0.159 e. The topological polar surface area (TPSA) is 60.0 Å². The van der Waals surface area contributed by atoms with Gasteiger partial charge in [0.15, 0.2) is 6.29 Å². The fraction of sp³-hybridized carbons (Fsp3) is 0.429. The number of ether oxygens (including phenoxy) is 3. The summed E-state index contributed by atoms with van der Waals surface area (Å²) in [6.45, 7) is 1.50. The van der Waals surface area contributed by atoms with Crippen LogP contribution < -0.4 is 5.32 Å². The molecule has 5 heteroatoms. The molecule has 1 aliphatic heterocycles. The lowest BCUT2D eigenvalue weighted by molar-refractivity contribution is -0.232. The van der Waals surface area contributed by atoms with Crippen LogP contribution in [0.1, 0.15) is 17.5 Å². The van der Waals surface area contributed by atoms with Gasteiger partial charge < -0.3 is 24.6 Å². The van der Waals surface area contributed by atoms with Gasteiger partial charge in [0.1, 0.15) is 6.10 Å². The molecule has 1 heterocycles. The molecule has 1 saturated heterocycles. The molecule has 4 atom stereocenters. The Morgan fingerprint density at radius 3 is 2.35 bits per heavy atom. The SMILES string of the molecule is CO[C@@H]1C[C@@H](NCc2ccccc2)[C@H](O)[C@@H](COCc2ccccc2)O1. The molecule has 0 amide bonds. The molecule has 0 unspecified atom stereocenters. The number of benzene rings is 2. The van der Waals surface area contributed by atoms with Crippen LogP contribution in [0.5, 0.6) is 0 Å². The van der Waals surface area contributed by atoms with E-state index in [1.54, 1.807) is 7.11 Å². The van der Waals surface area contributed by atoms with Gasteiger partial charge in [0, 0.05) is 26.1 Å². The van der Waals surface area contributed by atoms with Gasteiger partial charge in [-0.1, -0.05) is 60.7 Å². The zero-order chi connectivity index (χ0) is 18.2. The number of rotatable bonds is 8. The minimum atomic E-state index is -0.652. The predicted octanol–water partition coefficient (Wildman–Crippen LogP) is 2.48. The summed E-state index contributed by atoms with van der Waals surface area (Å²) in [5.41, 5.74) is 2.27. The summed E-state index contributed by atoms with van der Waals surface area (Å²) in [6.07, 6.45) is -0.830. The first-order chi connectivity index (χ1) is 12.8. The maximum absolute atomic E-state index is 10.7. The summed E-state index contributed by atoms with van der Waals surface area (Å²) in [6, 6.07) is 20.0. The maximum atomic E-state index is 10.7. The highest BCUT2D eigenvalue weighted by Crippen LogP contribution is 2.22. The second kappa shape index (κ2) is 9.80. The van der Waals surface area contributed by atoms with Gasteiger partial charge in [-0.2, -0.15) is 0 Å². The van der Waals surface area contributed by atoms with E-state index in [0.29, 0.717) is 26.2 Å². The molecule has 0 saturated carbocycles. The molecule has 2 aromatic carbocycles. The number of hydrogen-bond acceptors (Lipinski definition) is 5. The van der Waals surface area contributed by atoms with Crippen molar-refractivity contribution in [1.29, 1.82) is 0 Å². The van der Waals surface area contributed by atoms with Crippen LogP contribution in [0.3, 0.4) is 0 Å². The lowest BCUT2D eigenvalue weighted by atomic mass is 9.98. The largest absolute Gasteiger partial charge is 0.389 e. The Morgan fingerprint density at radius 2 is 1.69 bits per heavy atom. The van der Waals surface area contributed by atoms with Crippen molar-refractivity contribution < 1.29 is 19.3 Å². The van der Waals surface area contributed by atoms with Gasteiger partial charge in [0.2, 0.25) is 0 Å². The van der Waals surface area contributed by atoms with Gasteiger partial charge in [0.05, 0.1) is 19.3 Å². The molecule has 140 valence electrons. The van der Waals surface area contributed by atoms with Gasteiger partial charge in [-0.15, -0.1) is 0 Å². The average molecular weight is 357 g/mol. The lowest BCUT2D eigenvalue weighted by Gasteiger charge is -2.39. The van der Waals surface area contributed by atoms with Crippen LogP contribution >= 0.6 is 0 Å². The normalized spacial score (nSPS) is 25.9. The van der Waals surface area contributed by atoms with Crippen LogP contribution in [-0.4, -0.2) is 43.4 Å². The van der Waals surface area contributed by atoms with Crippen LogP contribution in [0.4, 0.5) is 0 Å². The molecule has 3 rings (SSSR count). The van der Waals surface area contributed by atoms with Crippen LogP contribution in [0, 0.1) is 0 Å². The van der Waals surface area contributed by atoms with E-state index in [2.05, 4.69) is 17.4 Å². The molecule has 0 aliphatic carbocycles. The molecular weight excluding hydrogens is 330 g/mol. The number of methoxy groups -OCH3 is 1. The van der Waals surface area contributed by atoms with Crippen LogP contribution in [-0.2, 0) is 27.4 Å². The van der Waals surface area contributed by atoms with Crippen LogP contribution in [0.15, 0.2) is 60.7 Å². The predicted molar refractivity (Wildman–Crippen MR) is 99.5 cm³/mol. The average Bonchev–Trinajstić information content (AvgIpc) is 2.70. The second-order valence-corrected chi connectivity index (χ2v) is 6.54. The van der Waals surface area contributed by atoms with Crippen molar-refractivity contribution in [2.75, 3.05) is 13.7 Å². The van der Waals surface area contributed by atoms with E-state index >= 15 is 0 Å². The summed E-state index contributed by atoms with van der Waals surface area (Å²) >= 11 is 0. The Morgan fingerprint density at radius 1 is 1.04 bits per heavy atom. The Bertz CT molecular complexity index is 637. The van der Waals surface area contributed by atoms with Crippen molar-refractivity contribution in [2.45, 2.75) is 44.1 Å². The Labute approximate surface area is 154 Å². The summed E-state index contributed by atoms with van der Waals surface area (Å²) in [4.78, 5) is 0. The Hall–Kier alpha value is -1.76. The zero-order valence-corrected chi connectivity index (χ0v) is 15.1. The Balaban J connectivity index is 1.53. The standard InChI is InChI=1S/C21H27NO4/c1-24-20-12-18(22-13-16-8-4-2-5-9-16)21(23)19(26-20)15-25-14-17-10-6-3-7-11-17/h2-11,18-23H,12-15H2,1H3/t18-,19-,20+,21+/m1/s1. The summed E-state index contributed by atoms with van der Waals surface area (Å²) in [5, 5.41) is 14.1. The first-order valence-corrected chi connectivity index (χ1v) is 9.01. The number of aliphatic hydroxyl groups is 1. The zero-order valence-electron chi connectivity index (χ0n) is 15.1. The molecule has 1 fully saturated rings. The number of hydrogen-bond donors (Lipinski definition) is 2. The third-order valence-corrected chi connectivity index (χ3v) is 4.63. The second-order valence-electron chi connectivity index (χ2n) is 6.54. The third-order valence-electron chi connectivity index (χ3n) is 4.63. The van der Waals surface area contributed by atoms with E-state index in [-0.39, 0.29) is 12.3 Å². The third kappa shape index (κ3) is 5.37. The lowest BCUT2D eigenvalue weighted by Crippen LogP contribution is -2.55. The van der Waals surface area contributed by atoms with Crippen molar-refractivity contribution in [3.63, 3.8) is 0 Å². The fourth-order valence-corrected chi connectivity index (χ4v) is 3.14. The summed E-state index contributed by atoms with van der Waals surface area (Å²) < 4.78 is 17.0. The summed E-state index contributed by atoms with van der Waals surface area (Å²) in [7, 11) is 1.62. The number of aliphatic hydroxyl groups excluding tert-OH is 1. The van der Waals surface area contributed by atoms with Crippen molar-refractivity contribution in [1.82, 2.24) is 5.32 Å². The first kappa shape index (κ1) is 19.0. The monoisotopic (exact) mass is 357 g/mol. The van der Waals surface area contributed by atoms with Crippen molar-refractivity contribution in [2.24, 2.45) is 0 Å². The molecule has 0 aromatic heterocycles. The van der Waals surface area contributed by atoms with Crippen molar-refractivity contribution in [3.8, 4) is 0 Å². The van der Waals surface area contributed by atoms with E-state index in [1.807, 2.05) is 48.5 Å². The van der Waals surface area contributed by atoms with Crippen molar-refractivity contribution >= 4 is 0 Å². The molecule has 0 radical (unpaired) electrons. The van der Waals surface area contributed by atoms with E-state index in [4.69, 9.17) is 14.2 Å². The molecule has 2 N–H and O–H groups in total. The summed E-state index contributed by atoms with van der Waals surface area (Å²) in [5.74, 6) is 0. The Kier molecular flexibility index (Phi) is 7.17. The molecular formula is C21H27NO4. The highest BCUT2D eigenvalue weighted by Gasteiger charge is 2.37. The molecule has 5 nitrogen and oxygen atoms in total.